The highest BCUT2D eigenvalue weighted by molar-refractivity contribution is 5.96. The molecule has 1 unspecified atom stereocenters. The molecule has 4 heteroatoms. The summed E-state index contributed by atoms with van der Waals surface area (Å²) in [6.45, 7) is 0. The summed E-state index contributed by atoms with van der Waals surface area (Å²) in [5.74, 6) is 0.645. The molecule has 0 aromatic heterocycles. The van der Waals surface area contributed by atoms with Crippen LogP contribution >= 0.6 is 0 Å². The Morgan fingerprint density at radius 1 is 1.10 bits per heavy atom. The fraction of sp³-hybridized carbons (Fsp3) is 0.412. The van der Waals surface area contributed by atoms with Crippen LogP contribution in [-0.4, -0.2) is 11.8 Å². The van der Waals surface area contributed by atoms with Crippen LogP contribution in [0.2, 0.25) is 0 Å². The third kappa shape index (κ3) is 3.94. The summed E-state index contributed by atoms with van der Waals surface area (Å²) in [4.78, 5) is 23.7. The minimum Gasteiger partial charge on any atom is -0.326 e. The predicted octanol–water partition coefficient (Wildman–Crippen LogP) is 3.33. The van der Waals surface area contributed by atoms with E-state index in [0.717, 1.165) is 37.1 Å². The summed E-state index contributed by atoms with van der Waals surface area (Å²) in [7, 11) is 0. The van der Waals surface area contributed by atoms with Crippen molar-refractivity contribution in [1.82, 2.24) is 0 Å². The molecule has 2 amide bonds. The van der Waals surface area contributed by atoms with Crippen LogP contribution in [0.3, 0.4) is 0 Å². The minimum absolute atomic E-state index is 0.0252. The van der Waals surface area contributed by atoms with Crippen LogP contribution in [-0.2, 0) is 9.59 Å². The molecule has 1 aromatic rings. The van der Waals surface area contributed by atoms with Gasteiger partial charge in [-0.3, -0.25) is 9.59 Å². The van der Waals surface area contributed by atoms with E-state index in [1.165, 1.54) is 0 Å². The molecule has 1 atom stereocenters. The van der Waals surface area contributed by atoms with Gasteiger partial charge < -0.3 is 10.6 Å². The maximum atomic E-state index is 12.0. The van der Waals surface area contributed by atoms with Gasteiger partial charge in [0.25, 0.3) is 0 Å². The molecule has 2 N–H and O–H groups in total. The van der Waals surface area contributed by atoms with Gasteiger partial charge in [-0.15, -0.1) is 0 Å². The fourth-order valence-electron chi connectivity index (χ4n) is 2.58. The quantitative estimate of drug-likeness (QED) is 0.815. The number of amides is 2. The smallest absolute Gasteiger partial charge is 0.227 e. The van der Waals surface area contributed by atoms with Crippen molar-refractivity contribution in [3.8, 4) is 0 Å². The predicted molar refractivity (Wildman–Crippen MR) is 82.9 cm³/mol. The van der Waals surface area contributed by atoms with Gasteiger partial charge in [-0.25, -0.2) is 0 Å². The van der Waals surface area contributed by atoms with E-state index in [0.29, 0.717) is 12.3 Å². The van der Waals surface area contributed by atoms with Crippen LogP contribution in [0.25, 0.3) is 0 Å². The summed E-state index contributed by atoms with van der Waals surface area (Å²) < 4.78 is 0. The van der Waals surface area contributed by atoms with Crippen LogP contribution in [0, 0.1) is 11.8 Å². The normalized spacial score (nSPS) is 20.3. The molecule has 0 saturated heterocycles. The number of allylic oxidation sites excluding steroid dienone is 2. The van der Waals surface area contributed by atoms with E-state index in [1.807, 2.05) is 24.3 Å². The van der Waals surface area contributed by atoms with Crippen LogP contribution in [0.1, 0.15) is 32.1 Å². The largest absolute Gasteiger partial charge is 0.326 e. The number of carbonyl (C=O) groups is 2. The zero-order chi connectivity index (χ0) is 14.7. The van der Waals surface area contributed by atoms with Crippen LogP contribution in [0.15, 0.2) is 36.4 Å². The highest BCUT2D eigenvalue weighted by Gasteiger charge is 2.29. The second-order valence-electron chi connectivity index (χ2n) is 5.86. The van der Waals surface area contributed by atoms with Crippen LogP contribution < -0.4 is 10.6 Å². The highest BCUT2D eigenvalue weighted by Crippen LogP contribution is 2.30. The molecule has 2 aliphatic carbocycles. The highest BCUT2D eigenvalue weighted by atomic mass is 16.2. The average molecular weight is 284 g/mol. The lowest BCUT2D eigenvalue weighted by Crippen LogP contribution is -2.16. The molecular formula is C17H20N2O2. The molecule has 1 fully saturated rings. The number of benzene rings is 1. The molecule has 0 radical (unpaired) electrons. The zero-order valence-electron chi connectivity index (χ0n) is 12.0. The molecule has 2 aliphatic rings. The first-order valence-electron chi connectivity index (χ1n) is 7.58. The number of anilines is 2. The Bertz CT molecular complexity index is 576. The van der Waals surface area contributed by atoms with Crippen molar-refractivity contribution in [2.75, 3.05) is 10.6 Å². The van der Waals surface area contributed by atoms with E-state index in [1.54, 1.807) is 0 Å². The maximum absolute atomic E-state index is 12.0. The lowest BCUT2D eigenvalue weighted by molar-refractivity contribution is -0.117. The molecule has 21 heavy (non-hydrogen) atoms. The van der Waals surface area contributed by atoms with Gasteiger partial charge in [-0.1, -0.05) is 18.2 Å². The van der Waals surface area contributed by atoms with Crippen molar-refractivity contribution in [2.45, 2.75) is 32.1 Å². The Hall–Kier alpha value is -2.10. The Morgan fingerprint density at radius 2 is 1.86 bits per heavy atom. The van der Waals surface area contributed by atoms with Gasteiger partial charge in [0.05, 0.1) is 0 Å². The summed E-state index contributed by atoms with van der Waals surface area (Å²) in [6, 6.07) is 7.33. The number of nitrogens with one attached hydrogen (secondary N) is 2. The van der Waals surface area contributed by atoms with E-state index >= 15 is 0 Å². The van der Waals surface area contributed by atoms with Gasteiger partial charge in [0.1, 0.15) is 0 Å². The molecular weight excluding hydrogens is 264 g/mol. The van der Waals surface area contributed by atoms with Gasteiger partial charge in [0.15, 0.2) is 0 Å². The molecule has 4 nitrogen and oxygen atoms in total. The Kier molecular flexibility index (Phi) is 4.04. The first-order valence-corrected chi connectivity index (χ1v) is 7.58. The van der Waals surface area contributed by atoms with Crippen molar-refractivity contribution >= 4 is 23.2 Å². The fourth-order valence-corrected chi connectivity index (χ4v) is 2.58. The molecule has 3 rings (SSSR count). The first kappa shape index (κ1) is 13.9. The third-order valence-corrected chi connectivity index (χ3v) is 3.92. The lowest BCUT2D eigenvalue weighted by Gasteiger charge is -2.10. The molecule has 0 heterocycles. The van der Waals surface area contributed by atoms with E-state index in [9.17, 15) is 9.59 Å². The summed E-state index contributed by atoms with van der Waals surface area (Å²) in [6.07, 6.45) is 8.87. The van der Waals surface area contributed by atoms with Crippen molar-refractivity contribution in [3.05, 3.63) is 36.4 Å². The number of hydrogen-bond donors (Lipinski definition) is 2. The second kappa shape index (κ2) is 6.12. The summed E-state index contributed by atoms with van der Waals surface area (Å²) in [5.41, 5.74) is 1.47. The summed E-state index contributed by atoms with van der Waals surface area (Å²) >= 11 is 0. The van der Waals surface area contributed by atoms with E-state index in [4.69, 9.17) is 0 Å². The van der Waals surface area contributed by atoms with E-state index in [-0.39, 0.29) is 17.7 Å². The molecule has 0 spiro atoms. The number of rotatable bonds is 5. The standard InChI is InChI=1S/C17H20N2O2/c20-16(10-12-4-1-2-5-12)18-14-6-3-7-15(11-14)19-17(21)13-8-9-13/h1,3-4,6-7,11-13H,2,5,8-10H2,(H,18,20)(H,19,21). The monoisotopic (exact) mass is 284 g/mol. The number of hydrogen-bond acceptors (Lipinski definition) is 2. The molecule has 0 aliphatic heterocycles. The Morgan fingerprint density at radius 3 is 2.52 bits per heavy atom. The van der Waals surface area contributed by atoms with Crippen molar-refractivity contribution in [1.29, 1.82) is 0 Å². The van der Waals surface area contributed by atoms with Crippen molar-refractivity contribution in [2.24, 2.45) is 11.8 Å². The van der Waals surface area contributed by atoms with Gasteiger partial charge in [0, 0.05) is 23.7 Å². The SMILES string of the molecule is O=C(CC1C=CCC1)Nc1cccc(NC(=O)C2CC2)c1. The van der Waals surface area contributed by atoms with Gasteiger partial charge in [-0.2, -0.15) is 0 Å². The van der Waals surface area contributed by atoms with Gasteiger partial charge in [0.2, 0.25) is 11.8 Å². The first-order chi connectivity index (χ1) is 10.2. The van der Waals surface area contributed by atoms with E-state index < -0.39 is 0 Å². The zero-order valence-corrected chi connectivity index (χ0v) is 12.0. The lowest BCUT2D eigenvalue weighted by atomic mass is 10.1. The number of carbonyl (C=O) groups excluding carboxylic acids is 2. The third-order valence-electron chi connectivity index (χ3n) is 3.92. The van der Waals surface area contributed by atoms with Crippen LogP contribution in [0.5, 0.6) is 0 Å². The molecule has 1 saturated carbocycles. The van der Waals surface area contributed by atoms with Crippen molar-refractivity contribution in [3.63, 3.8) is 0 Å². The Labute approximate surface area is 124 Å². The van der Waals surface area contributed by atoms with Gasteiger partial charge in [-0.05, 0) is 49.8 Å². The van der Waals surface area contributed by atoms with Gasteiger partial charge >= 0.3 is 0 Å². The topological polar surface area (TPSA) is 58.2 Å². The molecule has 0 bridgehead atoms. The Balaban J connectivity index is 1.55. The van der Waals surface area contributed by atoms with E-state index in [2.05, 4.69) is 22.8 Å². The second-order valence-corrected chi connectivity index (χ2v) is 5.86. The van der Waals surface area contributed by atoms with Crippen LogP contribution in [0.4, 0.5) is 11.4 Å². The van der Waals surface area contributed by atoms with Crippen molar-refractivity contribution < 1.29 is 9.59 Å². The average Bonchev–Trinajstić information content (AvgIpc) is 3.19. The maximum Gasteiger partial charge on any atom is 0.227 e. The minimum atomic E-state index is 0.0252. The molecule has 1 aromatic carbocycles. The molecule has 110 valence electrons. The summed E-state index contributed by atoms with van der Waals surface area (Å²) in [5, 5.41) is 5.79.